The minimum absolute atomic E-state index is 0.0332. The zero-order valence-corrected chi connectivity index (χ0v) is 20.7. The highest BCUT2D eigenvalue weighted by molar-refractivity contribution is 7.89. The Hall–Kier alpha value is -2.96. The van der Waals surface area contributed by atoms with Gasteiger partial charge in [0.2, 0.25) is 21.9 Å². The molecule has 12 heteroatoms. The largest absolute Gasteiger partial charge is 0.492 e. The van der Waals surface area contributed by atoms with Gasteiger partial charge in [0.05, 0.1) is 19.8 Å². The van der Waals surface area contributed by atoms with Gasteiger partial charge < -0.3 is 19.7 Å². The molecule has 0 saturated carbocycles. The Bertz CT molecular complexity index is 1190. The Balaban J connectivity index is 1.71. The number of ether oxygens (including phenoxy) is 2. The Kier molecular flexibility index (Phi) is 8.28. The van der Waals surface area contributed by atoms with Crippen molar-refractivity contribution < 1.29 is 22.7 Å². The third kappa shape index (κ3) is 5.93. The van der Waals surface area contributed by atoms with Crippen LogP contribution in [0.5, 0.6) is 5.75 Å². The van der Waals surface area contributed by atoms with Crippen LogP contribution in [0, 0.1) is 6.92 Å². The predicted molar refractivity (Wildman–Crippen MR) is 128 cm³/mol. The van der Waals surface area contributed by atoms with Crippen LogP contribution in [0.4, 0.5) is 11.6 Å². The van der Waals surface area contributed by atoms with E-state index in [2.05, 4.69) is 15.3 Å². The van der Waals surface area contributed by atoms with E-state index in [1.54, 1.807) is 19.9 Å². The molecule has 1 saturated heterocycles. The number of hydrogen-bond donors (Lipinski definition) is 2. The van der Waals surface area contributed by atoms with Crippen LogP contribution in [0.1, 0.15) is 24.6 Å². The lowest BCUT2D eigenvalue weighted by atomic mass is 10.1. The van der Waals surface area contributed by atoms with Crippen LogP contribution < -0.4 is 20.5 Å². The molecule has 11 nitrogen and oxygen atoms in total. The van der Waals surface area contributed by atoms with Crippen molar-refractivity contribution in [3.05, 3.63) is 39.8 Å². The number of morpholine rings is 1. The Morgan fingerprint density at radius 3 is 2.62 bits per heavy atom. The summed E-state index contributed by atoms with van der Waals surface area (Å²) in [5.41, 5.74) is 1.05. The molecule has 2 N–H and O–H groups in total. The third-order valence-corrected chi connectivity index (χ3v) is 7.24. The van der Waals surface area contributed by atoms with Crippen LogP contribution in [0.2, 0.25) is 0 Å². The first kappa shape index (κ1) is 25.7. The number of H-pyrrole nitrogens is 1. The summed E-state index contributed by atoms with van der Waals surface area (Å²) >= 11 is 0. The predicted octanol–water partition coefficient (Wildman–Crippen LogP) is 1.14. The fourth-order valence-electron chi connectivity index (χ4n) is 3.54. The second-order valence-electron chi connectivity index (χ2n) is 7.98. The first-order valence-electron chi connectivity index (χ1n) is 11.0. The quantitative estimate of drug-likeness (QED) is 0.531. The minimum atomic E-state index is -3.78. The molecule has 0 unspecified atom stereocenters. The van der Waals surface area contributed by atoms with Gasteiger partial charge >= 0.3 is 0 Å². The number of sulfonamides is 1. The lowest BCUT2D eigenvalue weighted by Gasteiger charge is -2.27. The van der Waals surface area contributed by atoms with E-state index in [1.807, 2.05) is 4.90 Å². The summed E-state index contributed by atoms with van der Waals surface area (Å²) < 4.78 is 37.2. The molecule has 186 valence electrons. The number of nitrogens with one attached hydrogen (secondary N) is 2. The molecule has 1 aromatic heterocycles. The molecule has 1 fully saturated rings. The molecular formula is C22H31N5O6S. The summed E-state index contributed by atoms with van der Waals surface area (Å²) in [5.74, 6) is 0.360. The van der Waals surface area contributed by atoms with Crippen LogP contribution in [-0.2, 0) is 26.0 Å². The first-order chi connectivity index (χ1) is 16.1. The summed E-state index contributed by atoms with van der Waals surface area (Å²) in [5, 5.41) is 2.70. The van der Waals surface area contributed by atoms with E-state index < -0.39 is 10.0 Å². The number of anilines is 2. The summed E-state index contributed by atoms with van der Waals surface area (Å²) in [4.78, 5) is 34.4. The van der Waals surface area contributed by atoms with E-state index >= 15 is 0 Å². The highest BCUT2D eigenvalue weighted by atomic mass is 32.2. The van der Waals surface area contributed by atoms with Crippen LogP contribution >= 0.6 is 0 Å². The smallest absolute Gasteiger partial charge is 0.255 e. The van der Waals surface area contributed by atoms with E-state index in [4.69, 9.17) is 9.47 Å². The van der Waals surface area contributed by atoms with Gasteiger partial charge in [-0.05, 0) is 38.5 Å². The standard InChI is InChI=1S/C22H31N5O6S/c1-5-33-18-8-6-16(14-19(18)34(30,31)26(3)4)24-20(28)9-7-17-15(2)23-22(25-21(17)29)27-10-12-32-13-11-27/h6,8,14H,5,7,9-13H2,1-4H3,(H,24,28)(H,23,25,29). The van der Waals surface area contributed by atoms with Crippen LogP contribution in [-0.4, -0.2) is 75.6 Å². The molecule has 34 heavy (non-hydrogen) atoms. The maximum absolute atomic E-state index is 12.7. The Morgan fingerprint density at radius 1 is 1.29 bits per heavy atom. The number of carbonyl (C=O) groups excluding carboxylic acids is 1. The van der Waals surface area contributed by atoms with Crippen LogP contribution in [0.3, 0.4) is 0 Å². The lowest BCUT2D eigenvalue weighted by molar-refractivity contribution is -0.116. The normalized spacial score (nSPS) is 14.3. The third-order valence-electron chi connectivity index (χ3n) is 5.41. The molecule has 1 amide bonds. The van der Waals surface area contributed by atoms with E-state index in [9.17, 15) is 18.0 Å². The van der Waals surface area contributed by atoms with Gasteiger partial charge in [0.1, 0.15) is 10.6 Å². The van der Waals surface area contributed by atoms with Gasteiger partial charge in [0.15, 0.2) is 0 Å². The molecule has 0 atom stereocenters. The summed E-state index contributed by atoms with van der Waals surface area (Å²) in [6, 6.07) is 4.46. The van der Waals surface area contributed by atoms with E-state index in [1.165, 1.54) is 26.2 Å². The number of rotatable bonds is 9. The van der Waals surface area contributed by atoms with Gasteiger partial charge in [-0.15, -0.1) is 0 Å². The minimum Gasteiger partial charge on any atom is -0.492 e. The van der Waals surface area contributed by atoms with Crippen molar-refractivity contribution in [2.75, 3.05) is 57.2 Å². The zero-order valence-electron chi connectivity index (χ0n) is 19.9. The van der Waals surface area contributed by atoms with Gasteiger partial charge in [0, 0.05) is 50.6 Å². The SMILES string of the molecule is CCOc1ccc(NC(=O)CCc2c(C)nc(N3CCOCC3)[nH]c2=O)cc1S(=O)(=O)N(C)C. The van der Waals surface area contributed by atoms with Crippen molar-refractivity contribution in [3.63, 3.8) is 0 Å². The monoisotopic (exact) mass is 493 g/mol. The molecule has 1 aliphatic heterocycles. The summed E-state index contributed by atoms with van der Waals surface area (Å²) in [6.45, 7) is 6.26. The van der Waals surface area contributed by atoms with Crippen molar-refractivity contribution in [3.8, 4) is 5.75 Å². The Morgan fingerprint density at radius 2 is 2.00 bits per heavy atom. The number of benzene rings is 1. The van der Waals surface area contributed by atoms with Gasteiger partial charge in [-0.1, -0.05) is 0 Å². The maximum Gasteiger partial charge on any atom is 0.255 e. The van der Waals surface area contributed by atoms with Crippen molar-refractivity contribution in [1.82, 2.24) is 14.3 Å². The average molecular weight is 494 g/mol. The van der Waals surface area contributed by atoms with Crippen molar-refractivity contribution >= 4 is 27.6 Å². The second kappa shape index (κ2) is 11.0. The van der Waals surface area contributed by atoms with Gasteiger partial charge in [-0.3, -0.25) is 14.6 Å². The van der Waals surface area contributed by atoms with Gasteiger partial charge in [-0.2, -0.15) is 0 Å². The molecule has 0 spiro atoms. The molecule has 0 radical (unpaired) electrons. The summed E-state index contributed by atoms with van der Waals surface area (Å²) in [7, 11) is -0.926. The van der Waals surface area contributed by atoms with Crippen molar-refractivity contribution in [2.24, 2.45) is 0 Å². The van der Waals surface area contributed by atoms with E-state index in [-0.39, 0.29) is 35.0 Å². The highest BCUT2D eigenvalue weighted by Gasteiger charge is 2.23. The van der Waals surface area contributed by atoms with Crippen molar-refractivity contribution in [1.29, 1.82) is 0 Å². The molecule has 2 heterocycles. The Labute approximate surface area is 199 Å². The number of aromatic nitrogens is 2. The molecular weight excluding hydrogens is 462 g/mol. The molecule has 1 aliphatic rings. The van der Waals surface area contributed by atoms with E-state index in [0.717, 1.165) is 4.31 Å². The maximum atomic E-state index is 12.7. The second-order valence-corrected chi connectivity index (χ2v) is 10.1. The number of nitrogens with zero attached hydrogens (tertiary/aromatic N) is 3. The number of aryl methyl sites for hydroxylation is 1. The number of amides is 1. The average Bonchev–Trinajstić information content (AvgIpc) is 2.80. The highest BCUT2D eigenvalue weighted by Crippen LogP contribution is 2.29. The molecule has 1 aromatic carbocycles. The van der Waals surface area contributed by atoms with Gasteiger partial charge in [-0.25, -0.2) is 17.7 Å². The van der Waals surface area contributed by atoms with Crippen LogP contribution in [0.15, 0.2) is 27.9 Å². The first-order valence-corrected chi connectivity index (χ1v) is 12.5. The lowest BCUT2D eigenvalue weighted by Crippen LogP contribution is -2.38. The summed E-state index contributed by atoms with van der Waals surface area (Å²) in [6.07, 6.45) is 0.231. The fraction of sp³-hybridized carbons (Fsp3) is 0.500. The number of hydrogen-bond acceptors (Lipinski definition) is 8. The topological polar surface area (TPSA) is 134 Å². The zero-order chi connectivity index (χ0) is 24.9. The number of carbonyl (C=O) groups is 1. The molecule has 0 bridgehead atoms. The van der Waals surface area contributed by atoms with E-state index in [0.29, 0.717) is 55.8 Å². The van der Waals surface area contributed by atoms with Gasteiger partial charge in [0.25, 0.3) is 5.56 Å². The fourth-order valence-corrected chi connectivity index (χ4v) is 4.59. The number of aromatic amines is 1. The molecule has 3 rings (SSSR count). The molecule has 2 aromatic rings. The van der Waals surface area contributed by atoms with Crippen LogP contribution in [0.25, 0.3) is 0 Å². The molecule has 0 aliphatic carbocycles. The van der Waals surface area contributed by atoms with Crippen molar-refractivity contribution in [2.45, 2.75) is 31.6 Å².